The van der Waals surface area contributed by atoms with Crippen molar-refractivity contribution in [3.8, 4) is 0 Å². The van der Waals surface area contributed by atoms with Gasteiger partial charge in [-0.3, -0.25) is 4.98 Å². The van der Waals surface area contributed by atoms with Crippen molar-refractivity contribution in [2.24, 2.45) is 5.73 Å². The average molecular weight is 248 g/mol. The number of alkyl halides is 2. The van der Waals surface area contributed by atoms with Crippen molar-refractivity contribution < 1.29 is 8.78 Å². The molecule has 0 spiro atoms. The number of nitrogens with two attached hydrogens (primary N) is 1. The van der Waals surface area contributed by atoms with Crippen molar-refractivity contribution in [2.45, 2.75) is 24.7 Å². The van der Waals surface area contributed by atoms with E-state index in [0.717, 1.165) is 16.6 Å². The van der Waals surface area contributed by atoms with Crippen molar-refractivity contribution in [3.63, 3.8) is 0 Å². The molecule has 1 aromatic carbocycles. The highest BCUT2D eigenvalue weighted by Crippen LogP contribution is 2.61. The second-order valence-corrected chi connectivity index (χ2v) is 5.00. The molecule has 1 aliphatic rings. The summed E-state index contributed by atoms with van der Waals surface area (Å²) in [6.45, 7) is 1.79. The van der Waals surface area contributed by atoms with Gasteiger partial charge in [-0.2, -0.15) is 0 Å². The summed E-state index contributed by atoms with van der Waals surface area (Å²) >= 11 is 0. The van der Waals surface area contributed by atoms with Crippen LogP contribution in [0.3, 0.4) is 0 Å². The summed E-state index contributed by atoms with van der Waals surface area (Å²) in [4.78, 5) is 4.37. The zero-order chi connectivity index (χ0) is 13.0. The summed E-state index contributed by atoms with van der Waals surface area (Å²) in [5.41, 5.74) is 6.56. The number of aromatic nitrogens is 1. The maximum absolute atomic E-state index is 13.7. The van der Waals surface area contributed by atoms with Crippen LogP contribution in [0, 0.1) is 6.92 Å². The van der Waals surface area contributed by atoms with Crippen LogP contribution in [0.1, 0.15) is 17.7 Å². The lowest BCUT2D eigenvalue weighted by molar-refractivity contribution is 0.0899. The monoisotopic (exact) mass is 248 g/mol. The molecule has 0 amide bonds. The van der Waals surface area contributed by atoms with Crippen LogP contribution < -0.4 is 5.73 Å². The van der Waals surface area contributed by atoms with Gasteiger partial charge in [-0.15, -0.1) is 0 Å². The lowest BCUT2D eigenvalue weighted by atomic mass is 9.91. The average Bonchev–Trinajstić information content (AvgIpc) is 2.91. The Kier molecular flexibility index (Phi) is 2.23. The van der Waals surface area contributed by atoms with Crippen LogP contribution in [0.15, 0.2) is 30.3 Å². The number of hydrogen-bond acceptors (Lipinski definition) is 2. The molecular weight excluding hydrogens is 234 g/mol. The summed E-state index contributed by atoms with van der Waals surface area (Å²) in [5.74, 6) is -2.70. The fourth-order valence-electron chi connectivity index (χ4n) is 2.66. The second kappa shape index (κ2) is 3.48. The molecule has 1 aromatic heterocycles. The molecule has 1 fully saturated rings. The van der Waals surface area contributed by atoms with Crippen molar-refractivity contribution >= 4 is 10.9 Å². The smallest absolute Gasteiger partial charge is 0.260 e. The van der Waals surface area contributed by atoms with E-state index in [1.165, 1.54) is 0 Å². The molecule has 1 atom stereocenters. The molecule has 4 heteroatoms. The van der Waals surface area contributed by atoms with Crippen molar-refractivity contribution in [2.75, 3.05) is 6.54 Å². The van der Waals surface area contributed by atoms with Gasteiger partial charge >= 0.3 is 0 Å². The number of pyridine rings is 1. The Hall–Kier alpha value is -1.55. The van der Waals surface area contributed by atoms with E-state index in [1.807, 2.05) is 31.2 Å². The van der Waals surface area contributed by atoms with E-state index >= 15 is 0 Å². The molecule has 0 bridgehead atoms. The van der Waals surface area contributed by atoms with Crippen LogP contribution in [0.5, 0.6) is 0 Å². The molecule has 0 radical (unpaired) electrons. The van der Waals surface area contributed by atoms with Crippen LogP contribution in [0.2, 0.25) is 0 Å². The molecule has 1 unspecified atom stereocenters. The largest absolute Gasteiger partial charge is 0.329 e. The van der Waals surface area contributed by atoms with Gasteiger partial charge in [0, 0.05) is 24.0 Å². The lowest BCUT2D eigenvalue weighted by Crippen LogP contribution is -2.27. The fraction of sp³-hybridized carbons (Fsp3) is 0.357. The number of fused-ring (bicyclic) bond motifs is 1. The number of benzene rings is 1. The molecule has 2 N–H and O–H groups in total. The van der Waals surface area contributed by atoms with Gasteiger partial charge < -0.3 is 5.73 Å². The van der Waals surface area contributed by atoms with Crippen molar-refractivity contribution in [3.05, 3.63) is 41.6 Å². The van der Waals surface area contributed by atoms with E-state index in [0.29, 0.717) is 5.56 Å². The normalized spacial score (nSPS) is 25.3. The Labute approximate surface area is 104 Å². The first-order valence-electron chi connectivity index (χ1n) is 5.95. The van der Waals surface area contributed by atoms with Crippen LogP contribution in [-0.4, -0.2) is 17.5 Å². The lowest BCUT2D eigenvalue weighted by Gasteiger charge is -2.17. The molecule has 3 rings (SSSR count). The molecule has 0 saturated heterocycles. The van der Waals surface area contributed by atoms with Crippen LogP contribution in [0.25, 0.3) is 10.9 Å². The van der Waals surface area contributed by atoms with Crippen LogP contribution >= 0.6 is 0 Å². The summed E-state index contributed by atoms with van der Waals surface area (Å²) in [6, 6.07) is 9.13. The molecule has 2 aromatic rings. The summed E-state index contributed by atoms with van der Waals surface area (Å²) in [7, 11) is 0. The molecule has 2 nitrogen and oxygen atoms in total. The van der Waals surface area contributed by atoms with Gasteiger partial charge in [0.1, 0.15) is 0 Å². The summed E-state index contributed by atoms with van der Waals surface area (Å²) < 4.78 is 27.4. The SMILES string of the molecule is Cc1cc(C2(CN)CC2(F)F)c2ccccc2n1. The van der Waals surface area contributed by atoms with Crippen LogP contribution in [-0.2, 0) is 5.41 Å². The third-order valence-electron chi connectivity index (χ3n) is 3.81. The summed E-state index contributed by atoms with van der Waals surface area (Å²) in [5, 5.41) is 0.783. The number of para-hydroxylation sites is 1. The minimum atomic E-state index is -2.70. The Morgan fingerprint density at radius 1 is 1.33 bits per heavy atom. The number of nitrogens with zero attached hydrogens (tertiary/aromatic N) is 1. The molecule has 1 aliphatic carbocycles. The third-order valence-corrected chi connectivity index (χ3v) is 3.81. The van der Waals surface area contributed by atoms with Gasteiger partial charge in [0.25, 0.3) is 5.92 Å². The highest BCUT2D eigenvalue weighted by molar-refractivity contribution is 5.84. The second-order valence-electron chi connectivity index (χ2n) is 5.00. The first-order chi connectivity index (χ1) is 8.50. The highest BCUT2D eigenvalue weighted by atomic mass is 19.3. The minimum Gasteiger partial charge on any atom is -0.329 e. The van der Waals surface area contributed by atoms with E-state index in [1.54, 1.807) is 6.07 Å². The third kappa shape index (κ3) is 1.38. The molecule has 0 aliphatic heterocycles. The number of rotatable bonds is 2. The van der Waals surface area contributed by atoms with E-state index in [-0.39, 0.29) is 13.0 Å². The van der Waals surface area contributed by atoms with Gasteiger partial charge in [-0.1, -0.05) is 18.2 Å². The van der Waals surface area contributed by atoms with Gasteiger partial charge in [-0.05, 0) is 24.6 Å². The maximum Gasteiger partial charge on any atom is 0.260 e. The minimum absolute atomic E-state index is 0.0343. The highest BCUT2D eigenvalue weighted by Gasteiger charge is 2.71. The van der Waals surface area contributed by atoms with Gasteiger partial charge in [0.2, 0.25) is 0 Å². The molecule has 1 heterocycles. The molecule has 1 saturated carbocycles. The van der Waals surface area contributed by atoms with E-state index in [2.05, 4.69) is 4.98 Å². The van der Waals surface area contributed by atoms with Crippen molar-refractivity contribution in [1.29, 1.82) is 0 Å². The molecule has 18 heavy (non-hydrogen) atoms. The Bertz CT molecular complexity index is 624. The van der Waals surface area contributed by atoms with E-state index < -0.39 is 11.3 Å². The van der Waals surface area contributed by atoms with Crippen LogP contribution in [0.4, 0.5) is 8.78 Å². The van der Waals surface area contributed by atoms with E-state index in [9.17, 15) is 8.78 Å². The quantitative estimate of drug-likeness (QED) is 0.887. The Morgan fingerprint density at radius 2 is 2.00 bits per heavy atom. The number of hydrogen-bond donors (Lipinski definition) is 1. The Balaban J connectivity index is 2.30. The molecular formula is C14H14F2N2. The number of halogens is 2. The zero-order valence-corrected chi connectivity index (χ0v) is 10.1. The Morgan fingerprint density at radius 3 is 2.61 bits per heavy atom. The molecule has 94 valence electrons. The maximum atomic E-state index is 13.7. The van der Waals surface area contributed by atoms with Gasteiger partial charge in [-0.25, -0.2) is 8.78 Å². The van der Waals surface area contributed by atoms with Gasteiger partial charge in [0.15, 0.2) is 0 Å². The first kappa shape index (κ1) is 11.5. The predicted molar refractivity (Wildman–Crippen MR) is 66.8 cm³/mol. The first-order valence-corrected chi connectivity index (χ1v) is 5.95. The number of aryl methyl sites for hydroxylation is 1. The van der Waals surface area contributed by atoms with E-state index in [4.69, 9.17) is 5.73 Å². The topological polar surface area (TPSA) is 38.9 Å². The van der Waals surface area contributed by atoms with Gasteiger partial charge in [0.05, 0.1) is 10.9 Å². The van der Waals surface area contributed by atoms with Crippen molar-refractivity contribution in [1.82, 2.24) is 4.98 Å². The fourth-order valence-corrected chi connectivity index (χ4v) is 2.66. The standard InChI is InChI=1S/C14H14F2N2/c1-9-6-11(13(8-17)7-14(13,15)16)10-4-2-3-5-12(10)18-9/h2-6H,7-8,17H2,1H3. The predicted octanol–water partition coefficient (Wildman–Crippen LogP) is 2.78. The summed E-state index contributed by atoms with van der Waals surface area (Å²) in [6.07, 6.45) is -0.163. The zero-order valence-electron chi connectivity index (χ0n) is 10.1.